The lowest BCUT2D eigenvalue weighted by atomic mass is 9.65. The third-order valence-corrected chi connectivity index (χ3v) is 6.92. The minimum Gasteiger partial charge on any atom is -0.491 e. The second kappa shape index (κ2) is 14.7. The fraction of sp³-hybridized carbons (Fsp3) is 0.438. The number of hydrogen-bond donors (Lipinski definition) is 2. The zero-order valence-corrected chi connectivity index (χ0v) is 23.4. The predicted molar refractivity (Wildman–Crippen MR) is 151 cm³/mol. The summed E-state index contributed by atoms with van der Waals surface area (Å²) in [5, 5.41) is 20.1. The molecule has 2 aromatic carbocycles. The van der Waals surface area contributed by atoms with E-state index in [1.807, 2.05) is 24.3 Å². The summed E-state index contributed by atoms with van der Waals surface area (Å²) in [7, 11) is 0. The van der Waals surface area contributed by atoms with Crippen molar-refractivity contribution in [3.8, 4) is 11.5 Å². The van der Waals surface area contributed by atoms with E-state index < -0.39 is 24.1 Å². The molecule has 1 aliphatic carbocycles. The third-order valence-electron chi connectivity index (χ3n) is 6.92. The van der Waals surface area contributed by atoms with E-state index in [4.69, 9.17) is 18.9 Å². The van der Waals surface area contributed by atoms with Crippen LogP contribution in [0.1, 0.15) is 57.1 Å². The van der Waals surface area contributed by atoms with Crippen LogP contribution < -0.4 is 9.47 Å². The first-order valence-corrected chi connectivity index (χ1v) is 13.6. The highest BCUT2D eigenvalue weighted by Gasteiger charge is 2.35. The number of carbonyl (C=O) groups excluding carboxylic acids is 2. The molecule has 8 nitrogen and oxygen atoms in total. The summed E-state index contributed by atoms with van der Waals surface area (Å²) in [5.41, 5.74) is 2.81. The molecule has 2 aromatic rings. The Hall–Kier alpha value is -3.62. The van der Waals surface area contributed by atoms with Crippen LogP contribution in [-0.4, -0.2) is 60.8 Å². The van der Waals surface area contributed by atoms with Gasteiger partial charge < -0.3 is 29.2 Å². The van der Waals surface area contributed by atoms with Crippen LogP contribution in [0.4, 0.5) is 0 Å². The van der Waals surface area contributed by atoms with E-state index in [1.54, 1.807) is 13.8 Å². The van der Waals surface area contributed by atoms with Crippen LogP contribution in [0, 0.1) is 0 Å². The highest BCUT2D eigenvalue weighted by atomic mass is 16.6. The fourth-order valence-corrected chi connectivity index (χ4v) is 4.71. The van der Waals surface area contributed by atoms with Crippen molar-refractivity contribution in [1.29, 1.82) is 0 Å². The Morgan fingerprint density at radius 1 is 0.700 bits per heavy atom. The smallest absolute Gasteiger partial charge is 0.333 e. The van der Waals surface area contributed by atoms with Crippen molar-refractivity contribution >= 4 is 11.9 Å². The Labute approximate surface area is 236 Å². The largest absolute Gasteiger partial charge is 0.491 e. The monoisotopic (exact) mass is 552 g/mol. The molecule has 0 aliphatic heterocycles. The average Bonchev–Trinajstić information content (AvgIpc) is 2.97. The molecule has 40 heavy (non-hydrogen) atoms. The van der Waals surface area contributed by atoms with Crippen molar-refractivity contribution in [2.24, 2.45) is 0 Å². The highest BCUT2D eigenvalue weighted by Crippen LogP contribution is 2.45. The maximum absolute atomic E-state index is 11.5. The molecule has 1 aliphatic rings. The van der Waals surface area contributed by atoms with Gasteiger partial charge in [0.15, 0.2) is 0 Å². The van der Waals surface area contributed by atoms with Crippen molar-refractivity contribution < 1.29 is 38.7 Å². The van der Waals surface area contributed by atoms with Crippen LogP contribution in [0.15, 0.2) is 72.8 Å². The van der Waals surface area contributed by atoms with Crippen molar-refractivity contribution in [3.05, 3.63) is 84.0 Å². The van der Waals surface area contributed by atoms with Gasteiger partial charge in [0.25, 0.3) is 0 Å². The number of aliphatic hydroxyl groups excluding tert-OH is 2. The summed E-state index contributed by atoms with van der Waals surface area (Å²) in [4.78, 5) is 23.0. The average molecular weight is 553 g/mol. The molecule has 216 valence electrons. The van der Waals surface area contributed by atoms with E-state index in [0.717, 1.165) is 25.7 Å². The molecule has 1 saturated carbocycles. The van der Waals surface area contributed by atoms with Crippen LogP contribution in [0.5, 0.6) is 11.5 Å². The van der Waals surface area contributed by atoms with E-state index in [0.29, 0.717) is 11.5 Å². The first kappa shape index (κ1) is 30.9. The van der Waals surface area contributed by atoms with Crippen molar-refractivity contribution in [2.75, 3.05) is 26.4 Å². The maximum Gasteiger partial charge on any atom is 0.333 e. The molecule has 0 bridgehead atoms. The Morgan fingerprint density at radius 2 is 1.07 bits per heavy atom. The van der Waals surface area contributed by atoms with Gasteiger partial charge in [0, 0.05) is 16.6 Å². The Morgan fingerprint density at radius 3 is 1.43 bits per heavy atom. The van der Waals surface area contributed by atoms with E-state index in [1.165, 1.54) is 17.5 Å². The molecule has 0 spiro atoms. The number of aliphatic hydroxyl groups is 2. The Bertz CT molecular complexity index is 1060. The Balaban J connectivity index is 1.61. The first-order valence-electron chi connectivity index (χ1n) is 13.6. The third kappa shape index (κ3) is 8.69. The number of benzene rings is 2. The van der Waals surface area contributed by atoms with Gasteiger partial charge in [-0.15, -0.1) is 0 Å². The number of esters is 2. The molecule has 2 atom stereocenters. The molecular formula is C32H40O8. The summed E-state index contributed by atoms with van der Waals surface area (Å²) in [6.07, 6.45) is 3.61. The fourth-order valence-electron chi connectivity index (χ4n) is 4.71. The lowest BCUT2D eigenvalue weighted by Crippen LogP contribution is -2.30. The summed E-state index contributed by atoms with van der Waals surface area (Å²) in [6, 6.07) is 15.9. The quantitative estimate of drug-likeness (QED) is 0.257. The highest BCUT2D eigenvalue weighted by molar-refractivity contribution is 5.87. The van der Waals surface area contributed by atoms with E-state index in [9.17, 15) is 19.8 Å². The van der Waals surface area contributed by atoms with Gasteiger partial charge in [-0.25, -0.2) is 9.59 Å². The molecule has 2 N–H and O–H groups in total. The first-order chi connectivity index (χ1) is 19.1. The molecule has 0 radical (unpaired) electrons. The van der Waals surface area contributed by atoms with Crippen molar-refractivity contribution in [1.82, 2.24) is 0 Å². The molecule has 8 heteroatoms. The van der Waals surface area contributed by atoms with Gasteiger partial charge in [-0.1, -0.05) is 56.7 Å². The van der Waals surface area contributed by atoms with E-state index in [-0.39, 0.29) is 43.0 Å². The van der Waals surface area contributed by atoms with Crippen LogP contribution in [0.2, 0.25) is 0 Å². The second-order valence-electron chi connectivity index (χ2n) is 10.4. The van der Waals surface area contributed by atoms with Gasteiger partial charge in [0.1, 0.15) is 50.1 Å². The van der Waals surface area contributed by atoms with Crippen LogP contribution in [-0.2, 0) is 24.5 Å². The van der Waals surface area contributed by atoms with Crippen LogP contribution >= 0.6 is 0 Å². The van der Waals surface area contributed by atoms with Crippen LogP contribution in [0.3, 0.4) is 0 Å². The molecule has 3 rings (SSSR count). The number of hydrogen-bond acceptors (Lipinski definition) is 8. The van der Waals surface area contributed by atoms with Crippen LogP contribution in [0.25, 0.3) is 0 Å². The second-order valence-corrected chi connectivity index (χ2v) is 10.4. The predicted octanol–water partition coefficient (Wildman–Crippen LogP) is 4.65. The zero-order valence-electron chi connectivity index (χ0n) is 23.4. The molecule has 0 saturated heterocycles. The lowest BCUT2D eigenvalue weighted by molar-refractivity contribution is -0.143. The topological polar surface area (TPSA) is 112 Å². The molecule has 2 unspecified atom stereocenters. The lowest BCUT2D eigenvalue weighted by Gasteiger charge is -2.38. The minimum absolute atomic E-state index is 0.000445. The van der Waals surface area contributed by atoms with Gasteiger partial charge in [-0.3, -0.25) is 0 Å². The van der Waals surface area contributed by atoms with Gasteiger partial charge in [0.2, 0.25) is 0 Å². The number of ether oxygens (including phenoxy) is 4. The normalized spacial score (nSPS) is 15.8. The molecule has 0 heterocycles. The molecule has 0 aromatic heterocycles. The molecule has 0 amide bonds. The Kier molecular flexibility index (Phi) is 11.3. The summed E-state index contributed by atoms with van der Waals surface area (Å²) >= 11 is 0. The van der Waals surface area contributed by atoms with Crippen molar-refractivity contribution in [3.63, 3.8) is 0 Å². The van der Waals surface area contributed by atoms with E-state index >= 15 is 0 Å². The van der Waals surface area contributed by atoms with Gasteiger partial charge in [0.05, 0.1) is 0 Å². The van der Waals surface area contributed by atoms with Gasteiger partial charge in [-0.05, 0) is 62.1 Å². The van der Waals surface area contributed by atoms with Crippen molar-refractivity contribution in [2.45, 2.75) is 63.6 Å². The summed E-state index contributed by atoms with van der Waals surface area (Å²) in [6.45, 7) is 9.82. The number of carbonyl (C=O) groups is 2. The van der Waals surface area contributed by atoms with E-state index in [2.05, 4.69) is 37.4 Å². The summed E-state index contributed by atoms with van der Waals surface area (Å²) in [5.74, 6) is 0.160. The standard InChI is InChI=1S/C32H40O8/c1-22(2)30(35)39-20-26(33)18-37-28-12-8-24(9-13-28)32(16-6-5-7-17-32)25-10-14-29(15-11-25)38-19-27(34)21-40-31(36)23(3)4/h8-15,26-27,33-34H,1,3,5-7,16-21H2,2,4H3. The maximum atomic E-state index is 11.5. The van der Waals surface area contributed by atoms with Gasteiger partial charge in [-0.2, -0.15) is 0 Å². The minimum atomic E-state index is -0.944. The van der Waals surface area contributed by atoms with Gasteiger partial charge >= 0.3 is 11.9 Å². The number of rotatable bonds is 14. The zero-order chi connectivity index (χ0) is 29.1. The SMILES string of the molecule is C=C(C)C(=O)OCC(O)COc1ccc(C2(c3ccc(OCC(O)COC(=O)C(=C)C)cc3)CCCCC2)cc1. The summed E-state index contributed by atoms with van der Waals surface area (Å²) < 4.78 is 21.4. The molecule has 1 fully saturated rings. The molecular weight excluding hydrogens is 512 g/mol.